The van der Waals surface area contributed by atoms with Crippen LogP contribution >= 0.6 is 34.8 Å². The van der Waals surface area contributed by atoms with Gasteiger partial charge in [0, 0.05) is 15.7 Å². The Morgan fingerprint density at radius 3 is 2.44 bits per heavy atom. The number of hydrogen-bond acceptors (Lipinski definition) is 2. The molecule has 0 saturated carbocycles. The molecule has 0 aliphatic rings. The van der Waals surface area contributed by atoms with Gasteiger partial charge < -0.3 is 0 Å². The van der Waals surface area contributed by atoms with Gasteiger partial charge in [-0.05, 0) is 42.8 Å². The van der Waals surface area contributed by atoms with Gasteiger partial charge in [0.15, 0.2) is 5.82 Å². The summed E-state index contributed by atoms with van der Waals surface area (Å²) in [4.78, 5) is 8.34. The molecule has 0 bridgehead atoms. The second-order valence-corrected chi connectivity index (χ2v) is 4.92. The maximum atomic E-state index is 6.06. The molecule has 2 rings (SSSR count). The summed E-state index contributed by atoms with van der Waals surface area (Å²) in [6.07, 6.45) is 3.58. The molecule has 0 aliphatic carbocycles. The van der Waals surface area contributed by atoms with Crippen LogP contribution in [0.3, 0.4) is 0 Å². The molecule has 92 valence electrons. The number of benzene rings is 1. The molecule has 0 N–H and O–H groups in total. The first-order chi connectivity index (χ1) is 8.54. The minimum Gasteiger partial charge on any atom is -0.234 e. The predicted octanol–water partition coefficient (Wildman–Crippen LogP) is 4.92. The highest BCUT2D eigenvalue weighted by Crippen LogP contribution is 2.22. The van der Waals surface area contributed by atoms with Crippen molar-refractivity contribution in [2.45, 2.75) is 6.92 Å². The van der Waals surface area contributed by atoms with E-state index in [2.05, 4.69) is 9.97 Å². The predicted molar refractivity (Wildman–Crippen MR) is 77.2 cm³/mol. The molecule has 0 saturated heterocycles. The Morgan fingerprint density at radius 2 is 1.78 bits per heavy atom. The van der Waals surface area contributed by atoms with Gasteiger partial charge in [-0.3, -0.25) is 0 Å². The third kappa shape index (κ3) is 3.45. The lowest BCUT2D eigenvalue weighted by Gasteiger charge is -1.99. The van der Waals surface area contributed by atoms with Crippen molar-refractivity contribution >= 4 is 47.0 Å². The van der Waals surface area contributed by atoms with Crippen LogP contribution in [0.5, 0.6) is 0 Å². The fraction of sp³-hybridized carbons (Fsp3) is 0.0769. The van der Waals surface area contributed by atoms with Gasteiger partial charge in [0.25, 0.3) is 0 Å². The fourth-order valence-electron chi connectivity index (χ4n) is 1.43. The Bertz CT molecular complexity index is 589. The summed E-state index contributed by atoms with van der Waals surface area (Å²) in [7, 11) is 0. The molecule has 2 aromatic rings. The topological polar surface area (TPSA) is 25.8 Å². The van der Waals surface area contributed by atoms with E-state index >= 15 is 0 Å². The van der Waals surface area contributed by atoms with Crippen LogP contribution in [0.25, 0.3) is 12.2 Å². The Balaban J connectivity index is 2.29. The van der Waals surface area contributed by atoms with E-state index in [9.17, 15) is 0 Å². The lowest BCUT2D eigenvalue weighted by Crippen LogP contribution is -1.90. The first-order valence-electron chi connectivity index (χ1n) is 5.19. The third-order valence-corrected chi connectivity index (χ3v) is 2.97. The minimum absolute atomic E-state index is 0.421. The third-order valence-electron chi connectivity index (χ3n) is 2.21. The average Bonchev–Trinajstić information content (AvgIpc) is 2.26. The smallest absolute Gasteiger partial charge is 0.153 e. The summed E-state index contributed by atoms with van der Waals surface area (Å²) in [5.41, 5.74) is 1.67. The van der Waals surface area contributed by atoms with Gasteiger partial charge >= 0.3 is 0 Å². The highest BCUT2D eigenvalue weighted by molar-refractivity contribution is 6.35. The van der Waals surface area contributed by atoms with Crippen LogP contribution in [0.4, 0.5) is 0 Å². The van der Waals surface area contributed by atoms with Crippen LogP contribution in [0.2, 0.25) is 15.2 Å². The molecular formula is C13H9Cl3N2. The molecule has 5 heteroatoms. The summed E-state index contributed by atoms with van der Waals surface area (Å²) in [5, 5.41) is 1.61. The van der Waals surface area contributed by atoms with E-state index in [1.54, 1.807) is 24.3 Å². The largest absolute Gasteiger partial charge is 0.234 e. The van der Waals surface area contributed by atoms with Gasteiger partial charge in [0.05, 0.1) is 0 Å². The van der Waals surface area contributed by atoms with Crippen molar-refractivity contribution in [2.24, 2.45) is 0 Å². The van der Waals surface area contributed by atoms with Crippen molar-refractivity contribution in [1.82, 2.24) is 9.97 Å². The van der Waals surface area contributed by atoms with Gasteiger partial charge in [-0.25, -0.2) is 9.97 Å². The number of rotatable bonds is 2. The molecule has 0 amide bonds. The van der Waals surface area contributed by atoms with Crippen molar-refractivity contribution in [3.05, 3.63) is 56.5 Å². The fourth-order valence-corrected chi connectivity index (χ4v) is 2.14. The van der Waals surface area contributed by atoms with Gasteiger partial charge in [-0.2, -0.15) is 0 Å². The van der Waals surface area contributed by atoms with Crippen molar-refractivity contribution < 1.29 is 0 Å². The van der Waals surface area contributed by atoms with Crippen molar-refractivity contribution in [1.29, 1.82) is 0 Å². The maximum Gasteiger partial charge on any atom is 0.153 e. The standard InChI is InChI=1S/C13H9Cl3N2/c1-8-6-12(16)18-13(17-8)5-3-9-2-4-10(14)7-11(9)15/h2-7H,1H3/b5-3+. The first kappa shape index (κ1) is 13.3. The number of aryl methyl sites for hydroxylation is 1. The van der Waals surface area contributed by atoms with Crippen LogP contribution < -0.4 is 0 Å². The van der Waals surface area contributed by atoms with E-state index in [0.717, 1.165) is 11.3 Å². The Hall–Kier alpha value is -1.09. The second kappa shape index (κ2) is 5.70. The number of aromatic nitrogens is 2. The zero-order valence-electron chi connectivity index (χ0n) is 9.49. The van der Waals surface area contributed by atoms with E-state index < -0.39 is 0 Å². The van der Waals surface area contributed by atoms with Gasteiger partial charge in [0.1, 0.15) is 5.15 Å². The van der Waals surface area contributed by atoms with E-state index in [4.69, 9.17) is 34.8 Å². The van der Waals surface area contributed by atoms with Gasteiger partial charge in [0.2, 0.25) is 0 Å². The van der Waals surface area contributed by atoms with E-state index in [1.807, 2.05) is 19.1 Å². The lowest BCUT2D eigenvalue weighted by atomic mass is 10.2. The van der Waals surface area contributed by atoms with Crippen LogP contribution in [-0.4, -0.2) is 9.97 Å². The summed E-state index contributed by atoms with van der Waals surface area (Å²) in [5.74, 6) is 0.547. The number of nitrogens with zero attached hydrogens (tertiary/aromatic N) is 2. The Labute approximate surface area is 120 Å². The second-order valence-electron chi connectivity index (χ2n) is 3.69. The molecule has 0 atom stereocenters. The molecular weight excluding hydrogens is 291 g/mol. The van der Waals surface area contributed by atoms with E-state index in [-0.39, 0.29) is 0 Å². The van der Waals surface area contributed by atoms with E-state index in [1.165, 1.54) is 0 Å². The summed E-state index contributed by atoms with van der Waals surface area (Å²) in [6.45, 7) is 1.86. The average molecular weight is 300 g/mol. The van der Waals surface area contributed by atoms with Crippen LogP contribution in [0, 0.1) is 6.92 Å². The zero-order chi connectivity index (χ0) is 13.1. The molecule has 0 unspecified atom stereocenters. The molecule has 18 heavy (non-hydrogen) atoms. The monoisotopic (exact) mass is 298 g/mol. The SMILES string of the molecule is Cc1cc(Cl)nc(/C=C/c2ccc(Cl)cc2Cl)n1. The quantitative estimate of drug-likeness (QED) is 0.736. The normalized spacial score (nSPS) is 11.1. The highest BCUT2D eigenvalue weighted by atomic mass is 35.5. The van der Waals surface area contributed by atoms with E-state index in [0.29, 0.717) is 21.0 Å². The Morgan fingerprint density at radius 1 is 1.00 bits per heavy atom. The van der Waals surface area contributed by atoms with Crippen LogP contribution in [-0.2, 0) is 0 Å². The van der Waals surface area contributed by atoms with Crippen LogP contribution in [0.1, 0.15) is 17.1 Å². The summed E-state index contributed by atoms with van der Waals surface area (Å²) in [6, 6.07) is 7.00. The number of halogens is 3. The summed E-state index contributed by atoms with van der Waals surface area (Å²) >= 11 is 17.7. The molecule has 0 spiro atoms. The van der Waals surface area contributed by atoms with Crippen molar-refractivity contribution in [3.8, 4) is 0 Å². The Kier molecular flexibility index (Phi) is 4.23. The lowest BCUT2D eigenvalue weighted by molar-refractivity contribution is 1.08. The first-order valence-corrected chi connectivity index (χ1v) is 6.32. The minimum atomic E-state index is 0.421. The number of hydrogen-bond donors (Lipinski definition) is 0. The zero-order valence-corrected chi connectivity index (χ0v) is 11.8. The molecule has 0 radical (unpaired) electrons. The van der Waals surface area contributed by atoms with Crippen molar-refractivity contribution in [3.63, 3.8) is 0 Å². The molecule has 2 nitrogen and oxygen atoms in total. The van der Waals surface area contributed by atoms with Crippen LogP contribution in [0.15, 0.2) is 24.3 Å². The molecule has 1 aromatic carbocycles. The maximum absolute atomic E-state index is 6.06. The molecule has 1 heterocycles. The van der Waals surface area contributed by atoms with Crippen molar-refractivity contribution in [2.75, 3.05) is 0 Å². The molecule has 0 fully saturated rings. The van der Waals surface area contributed by atoms with Gasteiger partial charge in [-0.1, -0.05) is 40.9 Å². The van der Waals surface area contributed by atoms with Gasteiger partial charge in [-0.15, -0.1) is 0 Å². The molecule has 0 aliphatic heterocycles. The molecule has 1 aromatic heterocycles. The highest BCUT2D eigenvalue weighted by Gasteiger charge is 1.99. The summed E-state index contributed by atoms with van der Waals surface area (Å²) < 4.78 is 0.